The fourth-order valence-electron chi connectivity index (χ4n) is 0.272. The van der Waals surface area contributed by atoms with E-state index in [1.807, 2.05) is 0 Å². The average molecular weight is 109 g/mol. The van der Waals surface area contributed by atoms with Crippen molar-refractivity contribution >= 4 is 0 Å². The van der Waals surface area contributed by atoms with E-state index in [-0.39, 0.29) is 0 Å². The van der Waals surface area contributed by atoms with Gasteiger partial charge in [0.15, 0.2) is 0 Å². The zero-order chi connectivity index (χ0) is 12.3. The minimum absolute atomic E-state index is 1.76. The molecule has 7 heavy (non-hydrogen) atoms. The van der Waals surface area contributed by atoms with Crippen LogP contribution in [0, 0.1) is 0 Å². The highest BCUT2D eigenvalue weighted by Gasteiger charge is 2.06. The molecule has 0 amide bonds. The maximum absolute atomic E-state index is 9.45. The highest BCUT2D eigenvalue weighted by atomic mass is 16.3. The second-order valence-electron chi connectivity index (χ2n) is 1.03. The van der Waals surface area contributed by atoms with Crippen LogP contribution in [0.3, 0.4) is 0 Å². The maximum Gasteiger partial charge on any atom is 0.0601 e. The van der Waals surface area contributed by atoms with Gasteiger partial charge in [-0.25, -0.2) is 0 Å². The zero-order valence-electron chi connectivity index (χ0n) is 11.5. The molecule has 0 aliphatic carbocycles. The van der Waals surface area contributed by atoms with Gasteiger partial charge >= 0.3 is 0 Å². The molecule has 1 aliphatic rings. The Morgan fingerprint density at radius 1 is 1.86 bits per heavy atom. The third kappa shape index (κ3) is 1.45. The molecular weight excluding hydrogens is 90.1 g/mol. The summed E-state index contributed by atoms with van der Waals surface area (Å²) in [5, 5.41) is 11.2. The van der Waals surface area contributed by atoms with Gasteiger partial charge in [-0.3, -0.25) is 0 Å². The SMILES string of the molecule is [2H]C1NC([2H])([2H])C([2H])([2H])C([2H])(O)C1([2H])[2H]. The lowest BCUT2D eigenvalue weighted by Crippen LogP contribution is -2.30. The smallest absolute Gasteiger partial charge is 0.0601 e. The third-order valence-corrected chi connectivity index (χ3v) is 0.534. The summed E-state index contributed by atoms with van der Waals surface area (Å²) in [6, 6.07) is 0. The molecule has 0 aromatic rings. The topological polar surface area (TPSA) is 32.3 Å². The van der Waals surface area contributed by atoms with Crippen molar-refractivity contribution in [3.05, 3.63) is 0 Å². The van der Waals surface area contributed by atoms with Crippen LogP contribution in [0.1, 0.15) is 23.7 Å². The van der Waals surface area contributed by atoms with Crippen LogP contribution < -0.4 is 5.32 Å². The van der Waals surface area contributed by atoms with Gasteiger partial charge in [0, 0.05) is 9.60 Å². The molecule has 42 valence electrons. The van der Waals surface area contributed by atoms with Crippen LogP contribution in [-0.2, 0) is 0 Å². The number of rotatable bonds is 0. The first-order valence-corrected chi connectivity index (χ1v) is 1.80. The summed E-state index contributed by atoms with van der Waals surface area (Å²) in [5.41, 5.74) is 0. The molecule has 1 fully saturated rings. The van der Waals surface area contributed by atoms with Gasteiger partial charge < -0.3 is 10.4 Å². The zero-order valence-corrected chi connectivity index (χ0v) is 3.52. The summed E-state index contributed by atoms with van der Waals surface area (Å²) in [5.74, 6) is 0. The molecule has 1 aliphatic heterocycles. The molecule has 0 spiro atoms. The lowest BCUT2D eigenvalue weighted by Gasteiger charge is -2.16. The van der Waals surface area contributed by atoms with Crippen molar-refractivity contribution < 1.29 is 16.1 Å². The van der Waals surface area contributed by atoms with E-state index in [9.17, 15) is 5.11 Å². The van der Waals surface area contributed by atoms with Crippen molar-refractivity contribution in [2.24, 2.45) is 0 Å². The predicted molar refractivity (Wildman–Crippen MR) is 28.1 cm³/mol. The number of hydrogen-bond acceptors (Lipinski definition) is 2. The molecule has 1 saturated heterocycles. The van der Waals surface area contributed by atoms with Crippen LogP contribution in [-0.4, -0.2) is 24.2 Å². The van der Waals surface area contributed by atoms with E-state index in [4.69, 9.17) is 11.0 Å². The van der Waals surface area contributed by atoms with Crippen molar-refractivity contribution in [1.82, 2.24) is 5.32 Å². The minimum atomic E-state index is -3.33. The van der Waals surface area contributed by atoms with Gasteiger partial charge in [0.1, 0.15) is 0 Å². The summed E-state index contributed by atoms with van der Waals surface area (Å²) in [7, 11) is 0. The summed E-state index contributed by atoms with van der Waals surface area (Å²) in [6.45, 7) is -4.76. The van der Waals surface area contributed by atoms with E-state index >= 15 is 0 Å². The van der Waals surface area contributed by atoms with Gasteiger partial charge in [-0.15, -0.1) is 0 Å². The number of hydrogen-bond donors (Lipinski definition) is 2. The van der Waals surface area contributed by atoms with E-state index in [0.29, 0.717) is 0 Å². The van der Waals surface area contributed by atoms with Gasteiger partial charge in [0.25, 0.3) is 0 Å². The van der Waals surface area contributed by atoms with Crippen molar-refractivity contribution in [2.45, 2.75) is 18.8 Å². The molecule has 0 radical (unpaired) electrons. The normalized spacial score (nSPS) is 92.4. The van der Waals surface area contributed by atoms with Crippen LogP contribution in [0.15, 0.2) is 0 Å². The maximum atomic E-state index is 9.45. The first-order valence-electron chi connectivity index (χ1n) is 5.88. The molecule has 2 unspecified atom stereocenters. The molecular formula is C5H11NO. The molecule has 2 heteroatoms. The first-order chi connectivity index (χ1) is 6.38. The van der Waals surface area contributed by atoms with Crippen LogP contribution in [0.2, 0.25) is 0 Å². The van der Waals surface area contributed by atoms with E-state index in [0.717, 1.165) is 0 Å². The van der Waals surface area contributed by atoms with E-state index in [1.54, 1.807) is 5.32 Å². The number of aliphatic hydroxyl groups is 1. The fraction of sp³-hybridized carbons (Fsp3) is 1.00. The van der Waals surface area contributed by atoms with E-state index < -0.39 is 31.8 Å². The number of piperidine rings is 1. The van der Waals surface area contributed by atoms with Crippen LogP contribution in [0.4, 0.5) is 0 Å². The second kappa shape index (κ2) is 2.28. The molecule has 2 N–H and O–H groups in total. The summed E-state index contributed by atoms with van der Waals surface area (Å²) < 4.78 is 57.8. The molecule has 0 bridgehead atoms. The van der Waals surface area contributed by atoms with Crippen molar-refractivity contribution in [2.75, 3.05) is 13.0 Å². The molecule has 0 aromatic carbocycles. The molecule has 0 saturated carbocycles. The molecule has 1 heterocycles. The Balaban J connectivity index is 3.30. The van der Waals surface area contributed by atoms with Crippen LogP contribution in [0.25, 0.3) is 0 Å². The largest absolute Gasteiger partial charge is 0.393 e. The fourth-order valence-corrected chi connectivity index (χ4v) is 0.272. The Kier molecular flexibility index (Phi) is 0.356. The van der Waals surface area contributed by atoms with Crippen LogP contribution >= 0.6 is 0 Å². The lowest BCUT2D eigenvalue weighted by molar-refractivity contribution is 0.137. The Labute approximate surface area is 54.8 Å². The highest BCUT2D eigenvalue weighted by Crippen LogP contribution is 1.99. The summed E-state index contributed by atoms with van der Waals surface area (Å²) >= 11 is 0. The Bertz CT molecular complexity index is 276. The average Bonchev–Trinajstić information content (AvgIpc) is 2.00. The quantitative estimate of drug-likeness (QED) is 0.449. The minimum Gasteiger partial charge on any atom is -0.393 e. The Hall–Kier alpha value is -0.0800. The van der Waals surface area contributed by atoms with Crippen molar-refractivity contribution in [3.63, 3.8) is 0 Å². The lowest BCUT2D eigenvalue weighted by atomic mass is 10.1. The first kappa shape index (κ1) is 1.09. The van der Waals surface area contributed by atoms with Crippen molar-refractivity contribution in [1.29, 1.82) is 0 Å². The van der Waals surface area contributed by atoms with Gasteiger partial charge in [0.2, 0.25) is 0 Å². The van der Waals surface area contributed by atoms with Crippen molar-refractivity contribution in [3.8, 4) is 0 Å². The Morgan fingerprint density at radius 2 is 2.71 bits per heavy atom. The van der Waals surface area contributed by atoms with Crippen LogP contribution in [0.5, 0.6) is 0 Å². The molecule has 2 nitrogen and oxygen atoms in total. The standard InChI is InChI=1S/C5H11NO/c7-5-1-3-6-4-2-5/h5-7H,1-4H2/i1D2,2D2,3D,4D2,5D. The predicted octanol–water partition coefficient (Wildman–Crippen LogP) is -0.269. The van der Waals surface area contributed by atoms with Gasteiger partial charge in [-0.1, -0.05) is 0 Å². The highest BCUT2D eigenvalue weighted by molar-refractivity contribution is 4.65. The van der Waals surface area contributed by atoms with Gasteiger partial charge in [-0.05, 0) is 25.8 Å². The summed E-state index contributed by atoms with van der Waals surface area (Å²) in [4.78, 5) is 0. The summed E-state index contributed by atoms with van der Waals surface area (Å²) in [6.07, 6.45) is -9.41. The van der Waals surface area contributed by atoms with E-state index in [1.165, 1.54) is 0 Å². The van der Waals surface area contributed by atoms with Gasteiger partial charge in [-0.2, -0.15) is 0 Å². The Morgan fingerprint density at radius 3 is 3.57 bits per heavy atom. The molecule has 0 aromatic heterocycles. The molecule has 1 rings (SSSR count). The third-order valence-electron chi connectivity index (χ3n) is 0.534. The molecule has 2 atom stereocenters. The monoisotopic (exact) mass is 109 g/mol. The second-order valence-corrected chi connectivity index (χ2v) is 1.03. The number of nitrogens with one attached hydrogen (secondary N) is 1. The van der Waals surface area contributed by atoms with E-state index in [2.05, 4.69) is 0 Å². The van der Waals surface area contributed by atoms with Gasteiger partial charge in [0.05, 0.1) is 7.45 Å².